The first-order valence-electron chi connectivity index (χ1n) is 6.24. The number of aliphatic hydroxyl groups is 1. The van der Waals surface area contributed by atoms with Gasteiger partial charge in [-0.1, -0.05) is 12.1 Å². The zero-order chi connectivity index (χ0) is 14.0. The molecule has 1 aromatic heterocycles. The third-order valence-corrected chi connectivity index (χ3v) is 4.41. The van der Waals surface area contributed by atoms with Crippen LogP contribution in [0.1, 0.15) is 36.4 Å². The van der Waals surface area contributed by atoms with E-state index in [4.69, 9.17) is 0 Å². The summed E-state index contributed by atoms with van der Waals surface area (Å²) in [5, 5.41) is 11.5. The van der Waals surface area contributed by atoms with Crippen LogP contribution < -0.4 is 4.90 Å². The standard InChI is InChI=1S/C15H18FNOS/c1-10(15-5-4-8-19-15)17(3)14-7-6-12(11(2)18)9-13(14)16/h4-11,18H,1-3H3/t10?,11-/m0/s1. The molecule has 0 bridgehead atoms. The van der Waals surface area contributed by atoms with Crippen LogP contribution >= 0.6 is 11.3 Å². The molecule has 102 valence electrons. The molecule has 1 heterocycles. The van der Waals surface area contributed by atoms with Crippen LogP contribution in [0.2, 0.25) is 0 Å². The lowest BCUT2D eigenvalue weighted by atomic mass is 10.1. The van der Waals surface area contributed by atoms with E-state index >= 15 is 0 Å². The minimum atomic E-state index is -0.649. The first kappa shape index (κ1) is 14.0. The third kappa shape index (κ3) is 2.96. The Balaban J connectivity index is 2.26. The lowest BCUT2D eigenvalue weighted by molar-refractivity contribution is 0.199. The average Bonchev–Trinajstić information content (AvgIpc) is 2.90. The molecule has 0 fully saturated rings. The van der Waals surface area contributed by atoms with E-state index in [-0.39, 0.29) is 11.9 Å². The van der Waals surface area contributed by atoms with Gasteiger partial charge in [-0.05, 0) is 43.0 Å². The normalized spacial score (nSPS) is 14.2. The Hall–Kier alpha value is -1.39. The van der Waals surface area contributed by atoms with Crippen LogP contribution in [-0.4, -0.2) is 12.2 Å². The van der Waals surface area contributed by atoms with Crippen molar-refractivity contribution in [1.82, 2.24) is 0 Å². The number of hydrogen-bond acceptors (Lipinski definition) is 3. The predicted molar refractivity (Wildman–Crippen MR) is 78.2 cm³/mol. The summed E-state index contributed by atoms with van der Waals surface area (Å²) in [5.41, 5.74) is 1.14. The van der Waals surface area contributed by atoms with Crippen LogP contribution in [0, 0.1) is 5.82 Å². The van der Waals surface area contributed by atoms with Crippen molar-refractivity contribution in [2.75, 3.05) is 11.9 Å². The molecule has 2 aromatic rings. The van der Waals surface area contributed by atoms with Crippen LogP contribution in [0.3, 0.4) is 0 Å². The molecule has 1 N–H and O–H groups in total. The van der Waals surface area contributed by atoms with E-state index in [1.54, 1.807) is 30.4 Å². The lowest BCUT2D eigenvalue weighted by Gasteiger charge is -2.27. The summed E-state index contributed by atoms with van der Waals surface area (Å²) in [6, 6.07) is 9.05. The molecule has 2 nitrogen and oxygen atoms in total. The fourth-order valence-electron chi connectivity index (χ4n) is 2.00. The zero-order valence-electron chi connectivity index (χ0n) is 11.3. The van der Waals surface area contributed by atoms with Gasteiger partial charge in [-0.15, -0.1) is 11.3 Å². The third-order valence-electron chi connectivity index (χ3n) is 3.37. The van der Waals surface area contributed by atoms with Crippen molar-refractivity contribution in [3.63, 3.8) is 0 Å². The van der Waals surface area contributed by atoms with Crippen LogP contribution in [0.25, 0.3) is 0 Å². The summed E-state index contributed by atoms with van der Waals surface area (Å²) in [6.07, 6.45) is -0.649. The van der Waals surface area contributed by atoms with Gasteiger partial charge in [0.15, 0.2) is 0 Å². The summed E-state index contributed by atoms with van der Waals surface area (Å²) in [6.45, 7) is 3.68. The predicted octanol–water partition coefficient (Wildman–Crippen LogP) is 4.14. The molecule has 0 spiro atoms. The van der Waals surface area contributed by atoms with Gasteiger partial charge in [0.05, 0.1) is 17.8 Å². The van der Waals surface area contributed by atoms with E-state index in [0.717, 1.165) is 0 Å². The van der Waals surface area contributed by atoms with Crippen molar-refractivity contribution < 1.29 is 9.50 Å². The Morgan fingerprint density at radius 2 is 2.00 bits per heavy atom. The van der Waals surface area contributed by atoms with Gasteiger partial charge >= 0.3 is 0 Å². The Morgan fingerprint density at radius 1 is 1.26 bits per heavy atom. The lowest BCUT2D eigenvalue weighted by Crippen LogP contribution is -2.22. The monoisotopic (exact) mass is 279 g/mol. The van der Waals surface area contributed by atoms with E-state index in [2.05, 4.69) is 0 Å². The Bertz CT molecular complexity index is 539. The van der Waals surface area contributed by atoms with Crippen LogP contribution in [0.5, 0.6) is 0 Å². The minimum absolute atomic E-state index is 0.117. The van der Waals surface area contributed by atoms with Gasteiger partial charge in [0.1, 0.15) is 5.82 Å². The van der Waals surface area contributed by atoms with Crippen molar-refractivity contribution in [2.45, 2.75) is 26.0 Å². The number of nitrogens with zero attached hydrogens (tertiary/aromatic N) is 1. The topological polar surface area (TPSA) is 23.5 Å². The fraction of sp³-hybridized carbons (Fsp3) is 0.333. The van der Waals surface area contributed by atoms with E-state index < -0.39 is 6.10 Å². The molecule has 19 heavy (non-hydrogen) atoms. The molecule has 2 rings (SSSR count). The van der Waals surface area contributed by atoms with Crippen molar-refractivity contribution in [3.8, 4) is 0 Å². The zero-order valence-corrected chi connectivity index (χ0v) is 12.1. The Kier molecular flexibility index (Phi) is 4.22. The number of aliphatic hydroxyl groups excluding tert-OH is 1. The highest BCUT2D eigenvalue weighted by Gasteiger charge is 2.17. The van der Waals surface area contributed by atoms with Gasteiger partial charge in [-0.25, -0.2) is 4.39 Å². The molecule has 1 unspecified atom stereocenters. The highest BCUT2D eigenvalue weighted by atomic mass is 32.1. The number of hydrogen-bond donors (Lipinski definition) is 1. The van der Waals surface area contributed by atoms with E-state index in [0.29, 0.717) is 11.3 Å². The second-order valence-corrected chi connectivity index (χ2v) is 5.67. The molecule has 0 aliphatic carbocycles. The summed E-state index contributed by atoms with van der Waals surface area (Å²) >= 11 is 1.66. The fourth-order valence-corrected chi connectivity index (χ4v) is 2.82. The largest absolute Gasteiger partial charge is 0.389 e. The number of thiophene rings is 1. The highest BCUT2D eigenvalue weighted by Crippen LogP contribution is 2.30. The number of rotatable bonds is 4. The molecule has 2 atom stereocenters. The quantitative estimate of drug-likeness (QED) is 0.909. The van der Waals surface area contributed by atoms with Crippen LogP contribution in [0.15, 0.2) is 35.7 Å². The summed E-state index contributed by atoms with van der Waals surface area (Å²) in [7, 11) is 1.88. The summed E-state index contributed by atoms with van der Waals surface area (Å²) in [4.78, 5) is 3.11. The summed E-state index contributed by atoms with van der Waals surface area (Å²) in [5.74, 6) is -0.302. The van der Waals surface area contributed by atoms with Crippen molar-refractivity contribution in [1.29, 1.82) is 0 Å². The van der Waals surface area contributed by atoms with Gasteiger partial charge in [0.25, 0.3) is 0 Å². The van der Waals surface area contributed by atoms with Crippen LogP contribution in [0.4, 0.5) is 10.1 Å². The first-order chi connectivity index (χ1) is 9.00. The van der Waals surface area contributed by atoms with E-state index in [1.807, 2.05) is 36.4 Å². The van der Waals surface area contributed by atoms with Gasteiger partial charge in [-0.2, -0.15) is 0 Å². The number of benzene rings is 1. The van der Waals surface area contributed by atoms with E-state index in [1.165, 1.54) is 10.9 Å². The number of anilines is 1. The Labute approximate surface area is 117 Å². The second kappa shape index (κ2) is 5.72. The average molecular weight is 279 g/mol. The molecule has 0 saturated carbocycles. The smallest absolute Gasteiger partial charge is 0.146 e. The molecular weight excluding hydrogens is 261 g/mol. The second-order valence-electron chi connectivity index (χ2n) is 4.69. The SMILES string of the molecule is CC(c1cccs1)N(C)c1ccc([C@H](C)O)cc1F. The van der Waals surface area contributed by atoms with Gasteiger partial charge in [-0.3, -0.25) is 0 Å². The molecule has 0 aliphatic rings. The maximum atomic E-state index is 14.1. The summed E-state index contributed by atoms with van der Waals surface area (Å²) < 4.78 is 14.1. The van der Waals surface area contributed by atoms with Gasteiger partial charge in [0.2, 0.25) is 0 Å². The van der Waals surface area contributed by atoms with Crippen molar-refractivity contribution >= 4 is 17.0 Å². The van der Waals surface area contributed by atoms with E-state index in [9.17, 15) is 9.50 Å². The van der Waals surface area contributed by atoms with Gasteiger partial charge < -0.3 is 10.0 Å². The number of halogens is 1. The Morgan fingerprint density at radius 3 is 2.53 bits per heavy atom. The molecule has 1 aromatic carbocycles. The molecule has 0 radical (unpaired) electrons. The van der Waals surface area contributed by atoms with Crippen molar-refractivity contribution in [2.24, 2.45) is 0 Å². The molecular formula is C15H18FNOS. The van der Waals surface area contributed by atoms with Crippen molar-refractivity contribution in [3.05, 3.63) is 52.0 Å². The minimum Gasteiger partial charge on any atom is -0.389 e. The van der Waals surface area contributed by atoms with Crippen LogP contribution in [-0.2, 0) is 0 Å². The maximum absolute atomic E-state index is 14.1. The molecule has 0 saturated heterocycles. The molecule has 4 heteroatoms. The molecule has 0 amide bonds. The molecule has 0 aliphatic heterocycles. The van der Waals surface area contributed by atoms with Gasteiger partial charge in [0, 0.05) is 11.9 Å². The first-order valence-corrected chi connectivity index (χ1v) is 7.12. The maximum Gasteiger partial charge on any atom is 0.146 e. The highest BCUT2D eigenvalue weighted by molar-refractivity contribution is 7.10.